The molecule has 2 atom stereocenters. The summed E-state index contributed by atoms with van der Waals surface area (Å²) < 4.78 is 0. The molecule has 0 spiro atoms. The minimum atomic E-state index is 0.0633. The van der Waals surface area contributed by atoms with Gasteiger partial charge in [-0.1, -0.05) is 13.3 Å². The van der Waals surface area contributed by atoms with Crippen LogP contribution in [-0.4, -0.2) is 35.0 Å². The lowest BCUT2D eigenvalue weighted by Gasteiger charge is -2.33. The summed E-state index contributed by atoms with van der Waals surface area (Å²) in [4.78, 5) is 23.0. The van der Waals surface area contributed by atoms with Gasteiger partial charge in [0.2, 0.25) is 5.91 Å². The van der Waals surface area contributed by atoms with Crippen molar-refractivity contribution in [2.45, 2.75) is 52.5 Å². The van der Waals surface area contributed by atoms with Gasteiger partial charge in [-0.3, -0.25) is 4.79 Å². The number of amides is 1. The van der Waals surface area contributed by atoms with Crippen molar-refractivity contribution in [2.75, 3.05) is 18.0 Å². The molecule has 1 aromatic rings. The summed E-state index contributed by atoms with van der Waals surface area (Å²) in [6.45, 7) is 7.90. The first-order chi connectivity index (χ1) is 10.1. The molecule has 2 rings (SSSR count). The molecule has 1 aliphatic heterocycles. The van der Waals surface area contributed by atoms with E-state index in [2.05, 4.69) is 34.0 Å². The van der Waals surface area contributed by atoms with E-state index in [4.69, 9.17) is 0 Å². The Kier molecular flexibility index (Phi) is 5.53. The van der Waals surface area contributed by atoms with Crippen molar-refractivity contribution in [3.63, 3.8) is 0 Å². The number of nitrogens with zero attached hydrogens (tertiary/aromatic N) is 3. The average molecular weight is 290 g/mol. The fourth-order valence-corrected chi connectivity index (χ4v) is 2.88. The SMILES string of the molecule is CCCC(C)NC(=O)C1CCCN(c2cc(C)ncn2)C1. The van der Waals surface area contributed by atoms with Crippen LogP contribution in [0.2, 0.25) is 0 Å². The second-order valence-corrected chi connectivity index (χ2v) is 6.00. The van der Waals surface area contributed by atoms with Gasteiger partial charge in [0.25, 0.3) is 0 Å². The van der Waals surface area contributed by atoms with Crippen LogP contribution >= 0.6 is 0 Å². The second-order valence-electron chi connectivity index (χ2n) is 6.00. The molecule has 21 heavy (non-hydrogen) atoms. The molecular weight excluding hydrogens is 264 g/mol. The first-order valence-corrected chi connectivity index (χ1v) is 7.94. The van der Waals surface area contributed by atoms with Gasteiger partial charge in [0.05, 0.1) is 5.92 Å². The van der Waals surface area contributed by atoms with Crippen LogP contribution in [0.25, 0.3) is 0 Å². The van der Waals surface area contributed by atoms with Crippen LogP contribution in [0.3, 0.4) is 0 Å². The number of nitrogens with one attached hydrogen (secondary N) is 1. The van der Waals surface area contributed by atoms with Gasteiger partial charge < -0.3 is 10.2 Å². The normalized spacial score (nSPS) is 20.1. The number of anilines is 1. The van der Waals surface area contributed by atoms with E-state index in [9.17, 15) is 4.79 Å². The zero-order valence-electron chi connectivity index (χ0n) is 13.3. The number of hydrogen-bond acceptors (Lipinski definition) is 4. The number of carbonyl (C=O) groups excluding carboxylic acids is 1. The van der Waals surface area contributed by atoms with E-state index >= 15 is 0 Å². The van der Waals surface area contributed by atoms with Gasteiger partial charge in [0.1, 0.15) is 12.1 Å². The lowest BCUT2D eigenvalue weighted by Crippen LogP contribution is -2.45. The third-order valence-electron chi connectivity index (χ3n) is 4.02. The maximum absolute atomic E-state index is 12.4. The zero-order chi connectivity index (χ0) is 15.2. The molecule has 1 N–H and O–H groups in total. The summed E-state index contributed by atoms with van der Waals surface area (Å²) >= 11 is 0. The van der Waals surface area contributed by atoms with Crippen LogP contribution in [-0.2, 0) is 4.79 Å². The molecule has 0 saturated carbocycles. The number of carbonyl (C=O) groups is 1. The Morgan fingerprint density at radius 3 is 3.05 bits per heavy atom. The number of hydrogen-bond donors (Lipinski definition) is 1. The van der Waals surface area contributed by atoms with E-state index in [0.717, 1.165) is 50.3 Å². The fraction of sp³-hybridized carbons (Fsp3) is 0.688. The van der Waals surface area contributed by atoms with Crippen LogP contribution < -0.4 is 10.2 Å². The minimum Gasteiger partial charge on any atom is -0.356 e. The number of rotatable bonds is 5. The maximum Gasteiger partial charge on any atom is 0.225 e. The van der Waals surface area contributed by atoms with Crippen molar-refractivity contribution in [3.8, 4) is 0 Å². The smallest absolute Gasteiger partial charge is 0.225 e. The van der Waals surface area contributed by atoms with Gasteiger partial charge in [0.15, 0.2) is 0 Å². The molecule has 1 saturated heterocycles. The van der Waals surface area contributed by atoms with Crippen molar-refractivity contribution in [1.82, 2.24) is 15.3 Å². The first kappa shape index (κ1) is 15.7. The van der Waals surface area contributed by atoms with Gasteiger partial charge in [-0.25, -0.2) is 9.97 Å². The third kappa shape index (κ3) is 4.41. The second kappa shape index (κ2) is 7.38. The van der Waals surface area contributed by atoms with Crippen molar-refractivity contribution in [2.24, 2.45) is 5.92 Å². The van der Waals surface area contributed by atoms with Crippen LogP contribution in [0.15, 0.2) is 12.4 Å². The Morgan fingerprint density at radius 2 is 2.33 bits per heavy atom. The largest absolute Gasteiger partial charge is 0.356 e. The molecule has 1 aliphatic rings. The molecule has 1 amide bonds. The van der Waals surface area contributed by atoms with E-state index in [0.29, 0.717) is 0 Å². The lowest BCUT2D eigenvalue weighted by atomic mass is 9.96. The van der Waals surface area contributed by atoms with Crippen LogP contribution in [0.1, 0.15) is 45.2 Å². The Hall–Kier alpha value is -1.65. The van der Waals surface area contributed by atoms with Crippen LogP contribution in [0, 0.1) is 12.8 Å². The summed E-state index contributed by atoms with van der Waals surface area (Å²) in [6.07, 6.45) is 5.72. The Bertz CT molecular complexity index is 477. The highest BCUT2D eigenvalue weighted by Gasteiger charge is 2.27. The fourth-order valence-electron chi connectivity index (χ4n) is 2.88. The molecule has 5 heteroatoms. The van der Waals surface area contributed by atoms with Gasteiger partial charge in [0, 0.05) is 30.9 Å². The standard InChI is InChI=1S/C16H26N4O/c1-4-6-12(2)19-16(21)14-7-5-8-20(10-14)15-9-13(3)17-11-18-15/h9,11-12,14H,4-8,10H2,1-3H3,(H,19,21). The van der Waals surface area contributed by atoms with Crippen LogP contribution in [0.4, 0.5) is 5.82 Å². The van der Waals surface area contributed by atoms with E-state index in [1.54, 1.807) is 6.33 Å². The van der Waals surface area contributed by atoms with Gasteiger partial charge in [-0.05, 0) is 33.1 Å². The van der Waals surface area contributed by atoms with Crippen molar-refractivity contribution in [3.05, 3.63) is 18.1 Å². The summed E-state index contributed by atoms with van der Waals surface area (Å²) in [5.41, 5.74) is 0.961. The third-order valence-corrected chi connectivity index (χ3v) is 4.02. The highest BCUT2D eigenvalue weighted by molar-refractivity contribution is 5.79. The topological polar surface area (TPSA) is 58.1 Å². The number of piperidine rings is 1. The van der Waals surface area contributed by atoms with Gasteiger partial charge in [-0.15, -0.1) is 0 Å². The van der Waals surface area contributed by atoms with Gasteiger partial charge >= 0.3 is 0 Å². The number of aromatic nitrogens is 2. The zero-order valence-corrected chi connectivity index (χ0v) is 13.3. The summed E-state index contributed by atoms with van der Waals surface area (Å²) in [6, 6.07) is 2.25. The molecule has 2 heterocycles. The van der Waals surface area contributed by atoms with Crippen molar-refractivity contribution >= 4 is 11.7 Å². The van der Waals surface area contributed by atoms with E-state index in [1.807, 2.05) is 13.0 Å². The maximum atomic E-state index is 12.4. The predicted molar refractivity (Wildman–Crippen MR) is 84.2 cm³/mol. The summed E-state index contributed by atoms with van der Waals surface area (Å²) in [7, 11) is 0. The summed E-state index contributed by atoms with van der Waals surface area (Å²) in [5.74, 6) is 1.18. The number of aryl methyl sites for hydroxylation is 1. The molecule has 0 aromatic carbocycles. The van der Waals surface area contributed by atoms with Crippen LogP contribution in [0.5, 0.6) is 0 Å². The lowest BCUT2D eigenvalue weighted by molar-refractivity contribution is -0.125. The molecule has 2 unspecified atom stereocenters. The van der Waals surface area contributed by atoms with Crippen molar-refractivity contribution in [1.29, 1.82) is 0 Å². The van der Waals surface area contributed by atoms with Gasteiger partial charge in [-0.2, -0.15) is 0 Å². The van der Waals surface area contributed by atoms with E-state index < -0.39 is 0 Å². The molecule has 1 fully saturated rings. The summed E-state index contributed by atoms with van der Waals surface area (Å²) in [5, 5.41) is 3.14. The molecular formula is C16H26N4O. The average Bonchev–Trinajstić information content (AvgIpc) is 2.47. The van der Waals surface area contributed by atoms with E-state index in [1.165, 1.54) is 0 Å². The molecule has 116 valence electrons. The highest BCUT2D eigenvalue weighted by atomic mass is 16.2. The molecule has 1 aromatic heterocycles. The van der Waals surface area contributed by atoms with E-state index in [-0.39, 0.29) is 17.9 Å². The Morgan fingerprint density at radius 1 is 1.52 bits per heavy atom. The molecule has 0 aliphatic carbocycles. The van der Waals surface area contributed by atoms with Crippen molar-refractivity contribution < 1.29 is 4.79 Å². The Balaban J connectivity index is 1.95. The predicted octanol–water partition coefficient (Wildman–Crippen LogP) is 2.31. The molecule has 5 nitrogen and oxygen atoms in total. The molecule has 0 radical (unpaired) electrons. The Labute approximate surface area is 127 Å². The quantitative estimate of drug-likeness (QED) is 0.904. The first-order valence-electron chi connectivity index (χ1n) is 7.94. The monoisotopic (exact) mass is 290 g/mol. The molecule has 0 bridgehead atoms. The highest BCUT2D eigenvalue weighted by Crippen LogP contribution is 2.22. The minimum absolute atomic E-state index is 0.0633.